The molecule has 0 amide bonds. The molecule has 0 fully saturated rings. The summed E-state index contributed by atoms with van der Waals surface area (Å²) in [4.78, 5) is 13.3. The van der Waals surface area contributed by atoms with Gasteiger partial charge in [0.25, 0.3) is 0 Å². The third kappa shape index (κ3) is 5.01. The van der Waals surface area contributed by atoms with Crippen molar-refractivity contribution in [2.24, 2.45) is 5.92 Å². The van der Waals surface area contributed by atoms with Crippen LogP contribution in [0.15, 0.2) is 60.9 Å². The molecule has 0 radical (unpaired) electrons. The van der Waals surface area contributed by atoms with E-state index >= 15 is 0 Å². The average Bonchev–Trinajstić information content (AvgIpc) is 2.66. The van der Waals surface area contributed by atoms with E-state index in [-0.39, 0.29) is 0 Å². The number of pyridine rings is 1. The van der Waals surface area contributed by atoms with Gasteiger partial charge in [0.05, 0.1) is 5.69 Å². The number of anilines is 2. The summed E-state index contributed by atoms with van der Waals surface area (Å²) >= 11 is 0. The smallest absolute Gasteiger partial charge is 0.225 e. The van der Waals surface area contributed by atoms with Crippen LogP contribution >= 0.6 is 0 Å². The lowest BCUT2D eigenvalue weighted by molar-refractivity contribution is 0.684. The number of nitrogens with zero attached hydrogens (tertiary/aromatic N) is 3. The van der Waals surface area contributed by atoms with Gasteiger partial charge in [-0.1, -0.05) is 44.2 Å². The highest BCUT2D eigenvalue weighted by atomic mass is 15.1. The maximum atomic E-state index is 4.66. The van der Waals surface area contributed by atoms with Gasteiger partial charge in [-0.05, 0) is 23.6 Å². The number of hydrogen-bond donors (Lipinski definition) is 2. The van der Waals surface area contributed by atoms with Crippen LogP contribution in [0, 0.1) is 5.92 Å². The lowest BCUT2D eigenvalue weighted by Crippen LogP contribution is -2.12. The Hall–Kier alpha value is -2.95. The Morgan fingerprint density at radius 3 is 2.40 bits per heavy atom. The molecule has 2 heterocycles. The Kier molecular flexibility index (Phi) is 5.57. The Balaban J connectivity index is 1.83. The summed E-state index contributed by atoms with van der Waals surface area (Å²) in [5, 5.41) is 6.70. The molecule has 5 nitrogen and oxygen atoms in total. The van der Waals surface area contributed by atoms with Gasteiger partial charge in [0, 0.05) is 37.1 Å². The van der Waals surface area contributed by atoms with E-state index < -0.39 is 0 Å². The first-order valence-electron chi connectivity index (χ1n) is 8.52. The van der Waals surface area contributed by atoms with E-state index in [2.05, 4.69) is 51.6 Å². The molecule has 0 atom stereocenters. The lowest BCUT2D eigenvalue weighted by atomic mass is 10.1. The van der Waals surface area contributed by atoms with Gasteiger partial charge >= 0.3 is 0 Å². The number of nitrogens with one attached hydrogen (secondary N) is 2. The van der Waals surface area contributed by atoms with E-state index in [1.807, 2.05) is 36.4 Å². The van der Waals surface area contributed by atoms with Crippen molar-refractivity contribution in [1.29, 1.82) is 0 Å². The van der Waals surface area contributed by atoms with E-state index in [0.29, 0.717) is 18.4 Å². The molecule has 3 aromatic rings. The molecule has 2 aromatic heterocycles. The minimum absolute atomic E-state index is 0.525. The normalized spacial score (nSPS) is 10.7. The highest BCUT2D eigenvalue weighted by Crippen LogP contribution is 2.21. The van der Waals surface area contributed by atoms with Gasteiger partial charge < -0.3 is 10.6 Å². The van der Waals surface area contributed by atoms with Gasteiger partial charge in [0.2, 0.25) is 5.95 Å². The maximum absolute atomic E-state index is 4.66. The van der Waals surface area contributed by atoms with Crippen molar-refractivity contribution in [3.8, 4) is 11.3 Å². The molecule has 0 bridgehead atoms. The average molecular weight is 333 g/mol. The molecule has 5 heteroatoms. The van der Waals surface area contributed by atoms with Crippen LogP contribution in [-0.4, -0.2) is 21.5 Å². The summed E-state index contributed by atoms with van der Waals surface area (Å²) in [7, 11) is 0. The van der Waals surface area contributed by atoms with Crippen molar-refractivity contribution in [2.45, 2.75) is 20.4 Å². The second-order valence-corrected chi connectivity index (χ2v) is 6.31. The number of hydrogen-bond acceptors (Lipinski definition) is 5. The highest BCUT2D eigenvalue weighted by Gasteiger charge is 2.07. The van der Waals surface area contributed by atoms with Crippen LogP contribution in [0.5, 0.6) is 0 Å². The predicted molar refractivity (Wildman–Crippen MR) is 102 cm³/mol. The zero-order valence-corrected chi connectivity index (χ0v) is 14.6. The van der Waals surface area contributed by atoms with Crippen LogP contribution in [0.2, 0.25) is 0 Å². The summed E-state index contributed by atoms with van der Waals surface area (Å²) in [6, 6.07) is 16.1. The van der Waals surface area contributed by atoms with Crippen LogP contribution in [0.25, 0.3) is 11.3 Å². The Bertz CT molecular complexity index is 788. The lowest BCUT2D eigenvalue weighted by Gasteiger charge is -2.12. The fourth-order valence-electron chi connectivity index (χ4n) is 2.36. The van der Waals surface area contributed by atoms with E-state index in [4.69, 9.17) is 0 Å². The molecular formula is C20H23N5. The van der Waals surface area contributed by atoms with Crippen molar-refractivity contribution < 1.29 is 0 Å². The third-order valence-corrected chi connectivity index (χ3v) is 3.69. The summed E-state index contributed by atoms with van der Waals surface area (Å²) in [5.41, 5.74) is 3.13. The standard InChI is InChI=1S/C20H23N5/c1-15(2)13-23-20-24-18(17-6-4-3-5-7-17)12-19(25-20)22-14-16-8-10-21-11-9-16/h3-12,15H,13-14H2,1-2H3,(H2,22,23,24,25). The Labute approximate surface area is 148 Å². The first-order chi connectivity index (χ1) is 12.2. The second kappa shape index (κ2) is 8.24. The molecule has 1 aromatic carbocycles. The van der Waals surface area contributed by atoms with Gasteiger partial charge in [-0.2, -0.15) is 4.98 Å². The molecule has 0 saturated carbocycles. The molecule has 0 aliphatic rings. The zero-order chi connectivity index (χ0) is 17.5. The number of benzene rings is 1. The molecule has 2 N–H and O–H groups in total. The summed E-state index contributed by atoms with van der Waals surface area (Å²) in [6.45, 7) is 5.85. The van der Waals surface area contributed by atoms with Crippen LogP contribution < -0.4 is 10.6 Å². The van der Waals surface area contributed by atoms with E-state index in [1.54, 1.807) is 12.4 Å². The topological polar surface area (TPSA) is 62.7 Å². The molecule has 0 saturated heterocycles. The Morgan fingerprint density at radius 2 is 1.68 bits per heavy atom. The number of aromatic nitrogens is 3. The molecule has 0 unspecified atom stereocenters. The molecule has 128 valence electrons. The molecule has 0 aliphatic carbocycles. The summed E-state index contributed by atoms with van der Waals surface area (Å²) < 4.78 is 0. The largest absolute Gasteiger partial charge is 0.366 e. The van der Waals surface area contributed by atoms with Crippen molar-refractivity contribution in [2.75, 3.05) is 17.2 Å². The molecule has 3 rings (SSSR count). The molecule has 25 heavy (non-hydrogen) atoms. The monoisotopic (exact) mass is 333 g/mol. The van der Waals surface area contributed by atoms with Crippen molar-refractivity contribution in [1.82, 2.24) is 15.0 Å². The van der Waals surface area contributed by atoms with E-state index in [9.17, 15) is 0 Å². The van der Waals surface area contributed by atoms with Gasteiger partial charge in [0.1, 0.15) is 5.82 Å². The van der Waals surface area contributed by atoms with Crippen LogP contribution in [0.4, 0.5) is 11.8 Å². The van der Waals surface area contributed by atoms with Crippen molar-refractivity contribution in [3.63, 3.8) is 0 Å². The highest BCUT2D eigenvalue weighted by molar-refractivity contribution is 5.64. The Morgan fingerprint density at radius 1 is 0.920 bits per heavy atom. The molecule has 0 spiro atoms. The fourth-order valence-corrected chi connectivity index (χ4v) is 2.36. The first-order valence-corrected chi connectivity index (χ1v) is 8.52. The summed E-state index contributed by atoms with van der Waals surface area (Å²) in [6.07, 6.45) is 3.59. The van der Waals surface area contributed by atoms with E-state index in [0.717, 1.165) is 29.2 Å². The predicted octanol–water partition coefficient (Wildman–Crippen LogP) is 4.22. The van der Waals surface area contributed by atoms with Gasteiger partial charge in [0.15, 0.2) is 0 Å². The SMILES string of the molecule is CC(C)CNc1nc(NCc2ccncc2)cc(-c2ccccc2)n1. The van der Waals surface area contributed by atoms with Crippen molar-refractivity contribution in [3.05, 3.63) is 66.5 Å². The van der Waals surface area contributed by atoms with Crippen LogP contribution in [0.1, 0.15) is 19.4 Å². The van der Waals surface area contributed by atoms with E-state index in [1.165, 1.54) is 0 Å². The third-order valence-electron chi connectivity index (χ3n) is 3.69. The van der Waals surface area contributed by atoms with Crippen molar-refractivity contribution >= 4 is 11.8 Å². The minimum Gasteiger partial charge on any atom is -0.366 e. The van der Waals surface area contributed by atoms with Gasteiger partial charge in [-0.15, -0.1) is 0 Å². The zero-order valence-electron chi connectivity index (χ0n) is 14.6. The van der Waals surface area contributed by atoms with Gasteiger partial charge in [-0.3, -0.25) is 4.98 Å². The molecule has 0 aliphatic heterocycles. The van der Waals surface area contributed by atoms with Crippen LogP contribution in [0.3, 0.4) is 0 Å². The molecular weight excluding hydrogens is 310 g/mol. The fraction of sp³-hybridized carbons (Fsp3) is 0.250. The number of rotatable bonds is 7. The first kappa shape index (κ1) is 16.9. The summed E-state index contributed by atoms with van der Waals surface area (Å²) in [5.74, 6) is 1.97. The van der Waals surface area contributed by atoms with Gasteiger partial charge in [-0.25, -0.2) is 4.98 Å². The second-order valence-electron chi connectivity index (χ2n) is 6.31. The minimum atomic E-state index is 0.525. The van der Waals surface area contributed by atoms with Crippen LogP contribution in [-0.2, 0) is 6.54 Å². The quantitative estimate of drug-likeness (QED) is 0.678. The maximum Gasteiger partial charge on any atom is 0.225 e.